The second-order valence-corrected chi connectivity index (χ2v) is 7.06. The number of amidine groups is 1. The Morgan fingerprint density at radius 3 is 2.54 bits per heavy atom. The molecule has 2 aromatic rings. The van der Waals surface area contributed by atoms with Gasteiger partial charge < -0.3 is 9.64 Å². The number of aryl methyl sites for hydroxylation is 1. The summed E-state index contributed by atoms with van der Waals surface area (Å²) >= 11 is 1.87. The number of ether oxygens (including phenoxy) is 1. The van der Waals surface area contributed by atoms with E-state index in [1.807, 2.05) is 23.9 Å². The van der Waals surface area contributed by atoms with Gasteiger partial charge in [-0.25, -0.2) is 0 Å². The summed E-state index contributed by atoms with van der Waals surface area (Å²) in [6.45, 7) is 4.88. The summed E-state index contributed by atoms with van der Waals surface area (Å²) in [5.41, 5.74) is 3.97. The van der Waals surface area contributed by atoms with Gasteiger partial charge in [-0.1, -0.05) is 48.2 Å². The van der Waals surface area contributed by atoms with Gasteiger partial charge >= 0.3 is 0 Å². The Bertz CT molecular complexity index is 697. The van der Waals surface area contributed by atoms with Crippen molar-refractivity contribution in [2.75, 3.05) is 19.4 Å². The molecule has 0 aromatic heterocycles. The molecule has 1 heterocycles. The molecule has 0 amide bonds. The molecule has 3 nitrogen and oxygen atoms in total. The normalized spacial score (nSPS) is 14.2. The van der Waals surface area contributed by atoms with Crippen molar-refractivity contribution in [2.24, 2.45) is 4.99 Å². The first kappa shape index (κ1) is 16.9. The van der Waals surface area contributed by atoms with Crippen molar-refractivity contribution in [3.63, 3.8) is 0 Å². The fourth-order valence-corrected chi connectivity index (χ4v) is 3.73. The van der Waals surface area contributed by atoms with Crippen molar-refractivity contribution in [1.29, 1.82) is 0 Å². The fourth-order valence-electron chi connectivity index (χ4n) is 2.78. The highest BCUT2D eigenvalue weighted by atomic mass is 32.2. The van der Waals surface area contributed by atoms with E-state index in [-0.39, 0.29) is 0 Å². The average Bonchev–Trinajstić information content (AvgIpc) is 2.64. The Morgan fingerprint density at radius 1 is 1.08 bits per heavy atom. The number of rotatable bonds is 5. The average molecular weight is 340 g/mol. The van der Waals surface area contributed by atoms with Crippen LogP contribution in [-0.4, -0.2) is 29.5 Å². The fraction of sp³-hybridized carbons (Fsp3) is 0.350. The molecule has 0 N–H and O–H groups in total. The number of hydrogen-bond donors (Lipinski definition) is 0. The van der Waals surface area contributed by atoms with E-state index in [1.165, 1.54) is 28.3 Å². The molecule has 0 saturated carbocycles. The summed E-state index contributed by atoms with van der Waals surface area (Å²) < 4.78 is 5.26. The van der Waals surface area contributed by atoms with Gasteiger partial charge in [0.25, 0.3) is 0 Å². The molecular weight excluding hydrogens is 316 g/mol. The van der Waals surface area contributed by atoms with Crippen LogP contribution in [0.5, 0.6) is 5.75 Å². The van der Waals surface area contributed by atoms with Gasteiger partial charge in [-0.3, -0.25) is 4.99 Å². The van der Waals surface area contributed by atoms with Crippen molar-refractivity contribution in [3.05, 3.63) is 65.2 Å². The SMILES string of the molecule is COc1ccc(CN(Cc2ccccc2C)C2=NCCCS2)cc1. The third-order valence-corrected chi connectivity index (χ3v) is 5.34. The van der Waals surface area contributed by atoms with Crippen molar-refractivity contribution < 1.29 is 4.74 Å². The molecular formula is C20H24N2OS. The van der Waals surface area contributed by atoms with Gasteiger partial charge in [0, 0.05) is 25.4 Å². The number of benzene rings is 2. The maximum atomic E-state index is 5.26. The summed E-state index contributed by atoms with van der Waals surface area (Å²) in [6.07, 6.45) is 1.18. The van der Waals surface area contributed by atoms with Gasteiger partial charge in [0.15, 0.2) is 5.17 Å². The Balaban J connectivity index is 1.81. The Labute approximate surface area is 148 Å². The molecule has 126 valence electrons. The van der Waals surface area contributed by atoms with Crippen molar-refractivity contribution >= 4 is 16.9 Å². The lowest BCUT2D eigenvalue weighted by molar-refractivity contribution is 0.406. The molecule has 0 unspecified atom stereocenters. The van der Waals surface area contributed by atoms with Crippen LogP contribution in [0, 0.1) is 6.92 Å². The van der Waals surface area contributed by atoms with Gasteiger partial charge in [0.05, 0.1) is 7.11 Å². The van der Waals surface area contributed by atoms with E-state index in [1.54, 1.807) is 7.11 Å². The minimum atomic E-state index is 0.865. The standard InChI is InChI=1S/C20H24N2OS/c1-16-6-3-4-7-18(16)15-22(20-21-12-5-13-24-20)14-17-8-10-19(23-2)11-9-17/h3-4,6-11H,5,12-15H2,1-2H3. The van der Waals surface area contributed by atoms with Crippen LogP contribution in [-0.2, 0) is 13.1 Å². The molecule has 0 radical (unpaired) electrons. The van der Waals surface area contributed by atoms with E-state index >= 15 is 0 Å². The molecule has 4 heteroatoms. The highest BCUT2D eigenvalue weighted by molar-refractivity contribution is 8.13. The van der Waals surface area contributed by atoms with E-state index in [0.29, 0.717) is 0 Å². The first-order chi connectivity index (χ1) is 11.8. The highest BCUT2D eigenvalue weighted by Crippen LogP contribution is 2.22. The smallest absolute Gasteiger partial charge is 0.159 e. The van der Waals surface area contributed by atoms with Crippen LogP contribution >= 0.6 is 11.8 Å². The molecule has 1 aliphatic rings. The summed E-state index contributed by atoms with van der Waals surface area (Å²) in [6, 6.07) is 16.9. The predicted molar refractivity (Wildman–Crippen MR) is 103 cm³/mol. The highest BCUT2D eigenvalue weighted by Gasteiger charge is 2.16. The maximum Gasteiger partial charge on any atom is 0.159 e. The second kappa shape index (κ2) is 8.25. The molecule has 24 heavy (non-hydrogen) atoms. The topological polar surface area (TPSA) is 24.8 Å². The molecule has 0 aliphatic carbocycles. The third-order valence-electron chi connectivity index (χ3n) is 4.21. The summed E-state index contributed by atoms with van der Waals surface area (Å²) in [5, 5.41) is 1.17. The van der Waals surface area contributed by atoms with Crippen molar-refractivity contribution in [1.82, 2.24) is 4.90 Å². The van der Waals surface area contributed by atoms with Gasteiger partial charge in [-0.05, 0) is 42.2 Å². The van der Waals surface area contributed by atoms with Gasteiger partial charge in [-0.15, -0.1) is 0 Å². The minimum Gasteiger partial charge on any atom is -0.497 e. The number of methoxy groups -OCH3 is 1. The van der Waals surface area contributed by atoms with Gasteiger partial charge in [0.1, 0.15) is 5.75 Å². The summed E-state index contributed by atoms with van der Waals surface area (Å²) in [4.78, 5) is 7.16. The Morgan fingerprint density at radius 2 is 1.88 bits per heavy atom. The van der Waals surface area contributed by atoms with Crippen LogP contribution in [0.1, 0.15) is 23.1 Å². The Kier molecular flexibility index (Phi) is 5.81. The summed E-state index contributed by atoms with van der Waals surface area (Å²) in [5.74, 6) is 2.06. The zero-order valence-electron chi connectivity index (χ0n) is 14.4. The molecule has 2 aromatic carbocycles. The monoisotopic (exact) mass is 340 g/mol. The van der Waals surface area contributed by atoms with E-state index in [9.17, 15) is 0 Å². The van der Waals surface area contributed by atoms with Crippen LogP contribution < -0.4 is 4.74 Å². The van der Waals surface area contributed by atoms with E-state index in [2.05, 4.69) is 48.2 Å². The third kappa shape index (κ3) is 4.32. The van der Waals surface area contributed by atoms with Gasteiger partial charge in [0.2, 0.25) is 0 Å². The number of aliphatic imine (C=N–C) groups is 1. The molecule has 0 atom stereocenters. The number of nitrogens with zero attached hydrogens (tertiary/aromatic N) is 2. The molecule has 0 fully saturated rings. The zero-order valence-corrected chi connectivity index (χ0v) is 15.2. The van der Waals surface area contributed by atoms with Gasteiger partial charge in [-0.2, -0.15) is 0 Å². The lowest BCUT2D eigenvalue weighted by Gasteiger charge is -2.28. The van der Waals surface area contributed by atoms with Crippen LogP contribution in [0.2, 0.25) is 0 Å². The summed E-state index contributed by atoms with van der Waals surface area (Å²) in [7, 11) is 1.70. The predicted octanol–water partition coefficient (Wildman–Crippen LogP) is 4.50. The minimum absolute atomic E-state index is 0.865. The second-order valence-electron chi connectivity index (χ2n) is 6.00. The Hall–Kier alpha value is -1.94. The van der Waals surface area contributed by atoms with Crippen LogP contribution in [0.3, 0.4) is 0 Å². The lowest BCUT2D eigenvalue weighted by Crippen LogP contribution is -2.30. The lowest BCUT2D eigenvalue weighted by atomic mass is 10.1. The van der Waals surface area contributed by atoms with Crippen molar-refractivity contribution in [2.45, 2.75) is 26.4 Å². The van der Waals surface area contributed by atoms with Crippen molar-refractivity contribution in [3.8, 4) is 5.75 Å². The van der Waals surface area contributed by atoms with Crippen LogP contribution in [0.25, 0.3) is 0 Å². The molecule has 3 rings (SSSR count). The van der Waals surface area contributed by atoms with Crippen LogP contribution in [0.4, 0.5) is 0 Å². The molecule has 1 aliphatic heterocycles. The maximum absolute atomic E-state index is 5.26. The first-order valence-corrected chi connectivity index (χ1v) is 9.34. The molecule has 0 spiro atoms. The number of hydrogen-bond acceptors (Lipinski definition) is 4. The number of thioether (sulfide) groups is 1. The molecule has 0 saturated heterocycles. The molecule has 0 bridgehead atoms. The van der Waals surface area contributed by atoms with E-state index in [0.717, 1.165) is 31.1 Å². The zero-order chi connectivity index (χ0) is 16.8. The first-order valence-electron chi connectivity index (χ1n) is 8.36. The largest absolute Gasteiger partial charge is 0.497 e. The van der Waals surface area contributed by atoms with Crippen LogP contribution in [0.15, 0.2) is 53.5 Å². The quantitative estimate of drug-likeness (QED) is 0.801. The van der Waals surface area contributed by atoms with E-state index in [4.69, 9.17) is 9.73 Å². The van der Waals surface area contributed by atoms with E-state index < -0.39 is 0 Å².